The maximum atomic E-state index is 4.67. The lowest BCUT2D eigenvalue weighted by molar-refractivity contribution is 0.470. The van der Waals surface area contributed by atoms with Crippen molar-refractivity contribution in [1.29, 1.82) is 0 Å². The van der Waals surface area contributed by atoms with E-state index in [1.54, 1.807) is 0 Å². The highest BCUT2D eigenvalue weighted by Crippen LogP contribution is 2.05. The van der Waals surface area contributed by atoms with Crippen LogP contribution < -0.4 is 5.32 Å². The Morgan fingerprint density at radius 2 is 2.35 bits per heavy atom. The third-order valence-electron chi connectivity index (χ3n) is 3.09. The third kappa shape index (κ3) is 5.43. The van der Waals surface area contributed by atoms with Crippen LogP contribution >= 0.6 is 0 Å². The van der Waals surface area contributed by atoms with Gasteiger partial charge in [0.05, 0.1) is 12.2 Å². The monoisotopic (exact) mass is 274 g/mol. The summed E-state index contributed by atoms with van der Waals surface area (Å²) in [6.07, 6.45) is 5.89. The normalized spacial score (nSPS) is 11.2. The average molecular weight is 274 g/mol. The molecule has 0 unspecified atom stereocenters. The van der Waals surface area contributed by atoms with Gasteiger partial charge in [0.25, 0.3) is 0 Å². The number of unbranched alkanes of at least 4 members (excludes halogenated alkanes) is 1. The molecule has 0 atom stereocenters. The second-order valence-corrected chi connectivity index (χ2v) is 4.79. The van der Waals surface area contributed by atoms with E-state index in [0.29, 0.717) is 6.54 Å². The highest BCUT2D eigenvalue weighted by Gasteiger charge is 2.05. The van der Waals surface area contributed by atoms with Gasteiger partial charge in [-0.1, -0.05) is 12.1 Å². The molecule has 4 nitrogen and oxygen atoms in total. The van der Waals surface area contributed by atoms with Crippen molar-refractivity contribution in [3.63, 3.8) is 0 Å². The van der Waals surface area contributed by atoms with E-state index in [4.69, 9.17) is 0 Å². The molecule has 1 rings (SSSR count). The van der Waals surface area contributed by atoms with Gasteiger partial charge in [-0.3, -0.25) is 4.98 Å². The van der Waals surface area contributed by atoms with E-state index in [1.807, 2.05) is 18.3 Å². The van der Waals surface area contributed by atoms with Crippen LogP contribution in [0.25, 0.3) is 0 Å². The Morgan fingerprint density at radius 1 is 1.55 bits per heavy atom. The molecule has 1 aromatic rings. The number of pyridine rings is 1. The number of aromatic nitrogens is 1. The summed E-state index contributed by atoms with van der Waals surface area (Å²) < 4.78 is 0. The fourth-order valence-corrected chi connectivity index (χ4v) is 1.88. The van der Waals surface area contributed by atoms with E-state index in [0.717, 1.165) is 37.6 Å². The number of allylic oxidation sites excluding steroid dienone is 1. The van der Waals surface area contributed by atoms with E-state index >= 15 is 0 Å². The Kier molecular flexibility index (Phi) is 7.40. The van der Waals surface area contributed by atoms with Crippen molar-refractivity contribution in [1.82, 2.24) is 15.2 Å². The number of nitrogens with one attached hydrogen (secondary N) is 1. The number of rotatable bonds is 7. The van der Waals surface area contributed by atoms with Crippen LogP contribution in [0.1, 0.15) is 31.0 Å². The van der Waals surface area contributed by atoms with E-state index in [1.165, 1.54) is 5.56 Å². The van der Waals surface area contributed by atoms with Crippen LogP contribution in [-0.4, -0.2) is 36.0 Å². The summed E-state index contributed by atoms with van der Waals surface area (Å²) in [5.74, 6) is 0.932. The lowest BCUT2D eigenvalue weighted by Crippen LogP contribution is -2.39. The molecular formula is C16H26N4. The van der Waals surface area contributed by atoms with Crippen LogP contribution in [0.2, 0.25) is 0 Å². The number of aliphatic imine (C=N–C) groups is 1. The zero-order valence-corrected chi connectivity index (χ0v) is 12.9. The van der Waals surface area contributed by atoms with Gasteiger partial charge in [0.1, 0.15) is 0 Å². The Bertz CT molecular complexity index is 440. The smallest absolute Gasteiger partial charge is 0.194 e. The summed E-state index contributed by atoms with van der Waals surface area (Å²) >= 11 is 0. The maximum Gasteiger partial charge on any atom is 0.194 e. The predicted molar refractivity (Wildman–Crippen MR) is 85.9 cm³/mol. The molecule has 1 heterocycles. The first-order chi connectivity index (χ1) is 9.69. The summed E-state index contributed by atoms with van der Waals surface area (Å²) in [5, 5.41) is 3.32. The molecule has 4 heteroatoms. The summed E-state index contributed by atoms with van der Waals surface area (Å²) in [7, 11) is 2.07. The van der Waals surface area contributed by atoms with Gasteiger partial charge in [-0.2, -0.15) is 0 Å². The first-order valence-corrected chi connectivity index (χ1v) is 7.19. The molecule has 0 saturated carbocycles. The molecule has 0 spiro atoms. The van der Waals surface area contributed by atoms with E-state index in [9.17, 15) is 0 Å². The van der Waals surface area contributed by atoms with E-state index in [2.05, 4.69) is 53.7 Å². The second kappa shape index (κ2) is 9.13. The maximum absolute atomic E-state index is 4.67. The van der Waals surface area contributed by atoms with Crippen LogP contribution in [0, 0.1) is 6.92 Å². The molecule has 20 heavy (non-hydrogen) atoms. The number of aryl methyl sites for hydroxylation is 1. The Balaban J connectivity index is 2.66. The van der Waals surface area contributed by atoms with E-state index in [-0.39, 0.29) is 0 Å². The van der Waals surface area contributed by atoms with E-state index < -0.39 is 0 Å². The van der Waals surface area contributed by atoms with Crippen LogP contribution in [0.4, 0.5) is 0 Å². The van der Waals surface area contributed by atoms with Gasteiger partial charge in [0.15, 0.2) is 5.96 Å². The van der Waals surface area contributed by atoms with Gasteiger partial charge in [-0.15, -0.1) is 6.58 Å². The molecule has 0 aliphatic carbocycles. The SMILES string of the molecule is C=CCCCN(C)C(=NCc1ncccc1C)NCC. The molecule has 0 radical (unpaired) electrons. The van der Waals surface area contributed by atoms with Crippen molar-refractivity contribution in [2.75, 3.05) is 20.1 Å². The largest absolute Gasteiger partial charge is 0.357 e. The van der Waals surface area contributed by atoms with Crippen LogP contribution in [0.3, 0.4) is 0 Å². The molecular weight excluding hydrogens is 248 g/mol. The van der Waals surface area contributed by atoms with Gasteiger partial charge >= 0.3 is 0 Å². The first-order valence-electron chi connectivity index (χ1n) is 7.19. The summed E-state index contributed by atoms with van der Waals surface area (Å²) in [5.41, 5.74) is 2.21. The van der Waals surface area contributed by atoms with Crippen molar-refractivity contribution in [2.45, 2.75) is 33.2 Å². The molecule has 0 aromatic carbocycles. The Labute approximate surface area is 122 Å². The molecule has 0 amide bonds. The topological polar surface area (TPSA) is 40.5 Å². The van der Waals surface area contributed by atoms with Crippen molar-refractivity contribution in [3.05, 3.63) is 42.2 Å². The second-order valence-electron chi connectivity index (χ2n) is 4.79. The minimum Gasteiger partial charge on any atom is -0.357 e. The number of hydrogen-bond donors (Lipinski definition) is 1. The van der Waals surface area contributed by atoms with Gasteiger partial charge < -0.3 is 10.2 Å². The van der Waals surface area contributed by atoms with Gasteiger partial charge in [0, 0.05) is 26.3 Å². The van der Waals surface area contributed by atoms with Gasteiger partial charge in [-0.05, 0) is 38.3 Å². The minimum atomic E-state index is 0.612. The first kappa shape index (κ1) is 16.2. The van der Waals surface area contributed by atoms with Gasteiger partial charge in [-0.25, -0.2) is 4.99 Å². The van der Waals surface area contributed by atoms with Crippen LogP contribution in [-0.2, 0) is 6.54 Å². The molecule has 0 bridgehead atoms. The zero-order valence-electron chi connectivity index (χ0n) is 12.9. The van der Waals surface area contributed by atoms with Crippen molar-refractivity contribution < 1.29 is 0 Å². The number of nitrogens with zero attached hydrogens (tertiary/aromatic N) is 3. The number of guanidine groups is 1. The third-order valence-corrected chi connectivity index (χ3v) is 3.09. The summed E-state index contributed by atoms with van der Waals surface area (Å²) in [4.78, 5) is 11.2. The molecule has 110 valence electrons. The van der Waals surface area contributed by atoms with Crippen LogP contribution in [0.15, 0.2) is 36.0 Å². The summed E-state index contributed by atoms with van der Waals surface area (Å²) in [6, 6.07) is 4.02. The lowest BCUT2D eigenvalue weighted by atomic mass is 10.2. The Morgan fingerprint density at radius 3 is 3.00 bits per heavy atom. The Hall–Kier alpha value is -1.84. The molecule has 0 aliphatic heterocycles. The minimum absolute atomic E-state index is 0.612. The van der Waals surface area contributed by atoms with Crippen molar-refractivity contribution >= 4 is 5.96 Å². The molecule has 0 fully saturated rings. The average Bonchev–Trinajstić information content (AvgIpc) is 2.45. The van der Waals surface area contributed by atoms with Gasteiger partial charge in [0.2, 0.25) is 0 Å². The molecule has 0 saturated heterocycles. The van der Waals surface area contributed by atoms with Crippen molar-refractivity contribution in [2.24, 2.45) is 4.99 Å². The highest BCUT2D eigenvalue weighted by atomic mass is 15.3. The fraction of sp³-hybridized carbons (Fsp3) is 0.500. The summed E-state index contributed by atoms with van der Waals surface area (Å²) in [6.45, 7) is 10.4. The predicted octanol–water partition coefficient (Wildman–Crippen LogP) is 2.75. The molecule has 1 aromatic heterocycles. The van der Waals surface area contributed by atoms with Crippen molar-refractivity contribution in [3.8, 4) is 0 Å². The zero-order chi connectivity index (χ0) is 14.8. The van der Waals surface area contributed by atoms with Crippen LogP contribution in [0.5, 0.6) is 0 Å². The fourth-order valence-electron chi connectivity index (χ4n) is 1.88. The lowest BCUT2D eigenvalue weighted by Gasteiger charge is -2.21. The number of hydrogen-bond acceptors (Lipinski definition) is 2. The quantitative estimate of drug-likeness (QED) is 0.360. The molecule has 1 N–H and O–H groups in total. The standard InChI is InChI=1S/C16H26N4/c1-5-7-8-12-20(4)16(17-6-2)19-13-15-14(3)10-9-11-18-15/h5,9-11H,1,6-8,12-13H2,2-4H3,(H,17,19). The molecule has 0 aliphatic rings. The highest BCUT2D eigenvalue weighted by molar-refractivity contribution is 5.79.